The lowest BCUT2D eigenvalue weighted by atomic mass is 9.90. The largest absolute Gasteiger partial charge is 0.344 e. The molecule has 0 aliphatic carbocycles. The van der Waals surface area contributed by atoms with Crippen molar-refractivity contribution in [2.75, 3.05) is 0 Å². The van der Waals surface area contributed by atoms with Gasteiger partial charge < -0.3 is 9.47 Å². The van der Waals surface area contributed by atoms with Crippen molar-refractivity contribution in [3.8, 4) is 12.3 Å². The minimum absolute atomic E-state index is 0.0218. The van der Waals surface area contributed by atoms with Crippen LogP contribution >= 0.6 is 0 Å². The molecule has 0 aromatic rings. The molecule has 0 atom stereocenters. The Hall–Kier alpha value is -0.520. The van der Waals surface area contributed by atoms with Crippen LogP contribution in [0.4, 0.5) is 0 Å². The molecule has 0 amide bonds. The first kappa shape index (κ1) is 16.5. The first-order valence-corrected chi connectivity index (χ1v) is 7.68. The lowest BCUT2D eigenvalue weighted by Gasteiger charge is -2.30. The monoisotopic (exact) mass is 266 g/mol. The van der Waals surface area contributed by atoms with Gasteiger partial charge in [0.15, 0.2) is 6.29 Å². The lowest BCUT2D eigenvalue weighted by Crippen LogP contribution is -2.41. The number of ether oxygens (including phenoxy) is 2. The van der Waals surface area contributed by atoms with Crippen molar-refractivity contribution in [1.29, 1.82) is 0 Å². The predicted molar refractivity (Wildman–Crippen MR) is 79.9 cm³/mol. The molecule has 1 saturated heterocycles. The van der Waals surface area contributed by atoms with E-state index in [9.17, 15) is 0 Å². The minimum atomic E-state index is -0.188. The molecule has 0 saturated carbocycles. The zero-order valence-corrected chi connectivity index (χ0v) is 13.1. The summed E-state index contributed by atoms with van der Waals surface area (Å²) in [5.41, 5.74) is -0.375. The zero-order valence-electron chi connectivity index (χ0n) is 13.1. The molecule has 1 aliphatic rings. The summed E-state index contributed by atoms with van der Waals surface area (Å²) in [6, 6.07) is 0. The molecule has 0 bridgehead atoms. The van der Waals surface area contributed by atoms with Crippen LogP contribution < -0.4 is 0 Å². The highest BCUT2D eigenvalue weighted by Gasteiger charge is 2.48. The lowest BCUT2D eigenvalue weighted by molar-refractivity contribution is -0.0913. The fourth-order valence-corrected chi connectivity index (χ4v) is 2.33. The first-order valence-electron chi connectivity index (χ1n) is 7.68. The number of unbranched alkanes of at least 4 members (excludes halogenated alkanes) is 6. The highest BCUT2D eigenvalue weighted by Crippen LogP contribution is 2.39. The summed E-state index contributed by atoms with van der Waals surface area (Å²) in [6.07, 6.45) is 14.6. The molecule has 1 heterocycles. The van der Waals surface area contributed by atoms with E-state index in [1.54, 1.807) is 0 Å². The van der Waals surface area contributed by atoms with E-state index in [2.05, 4.69) is 33.6 Å². The van der Waals surface area contributed by atoms with E-state index in [1.807, 2.05) is 0 Å². The summed E-state index contributed by atoms with van der Waals surface area (Å²) in [7, 11) is 0. The van der Waals surface area contributed by atoms with Gasteiger partial charge >= 0.3 is 0 Å². The summed E-state index contributed by atoms with van der Waals surface area (Å²) >= 11 is 0. The van der Waals surface area contributed by atoms with Crippen LogP contribution in [-0.2, 0) is 9.47 Å². The van der Waals surface area contributed by atoms with Gasteiger partial charge in [0, 0.05) is 6.42 Å². The van der Waals surface area contributed by atoms with Crippen LogP contribution in [0.3, 0.4) is 0 Å². The molecule has 0 aromatic carbocycles. The summed E-state index contributed by atoms with van der Waals surface area (Å²) in [5.74, 6) is 2.69. The maximum atomic E-state index is 5.98. The van der Waals surface area contributed by atoms with Crippen LogP contribution in [0.15, 0.2) is 0 Å². The van der Waals surface area contributed by atoms with E-state index in [0.29, 0.717) is 0 Å². The maximum Gasteiger partial charge on any atom is 0.159 e. The van der Waals surface area contributed by atoms with Crippen LogP contribution in [0.1, 0.15) is 79.1 Å². The molecule has 1 fully saturated rings. The van der Waals surface area contributed by atoms with Gasteiger partial charge in [0.2, 0.25) is 0 Å². The third-order valence-electron chi connectivity index (χ3n) is 4.31. The van der Waals surface area contributed by atoms with Gasteiger partial charge in [-0.05, 0) is 47.0 Å². The normalized spacial score (nSPS) is 21.4. The van der Waals surface area contributed by atoms with Crippen LogP contribution in [0, 0.1) is 12.3 Å². The number of terminal acetylenes is 1. The first-order chi connectivity index (χ1) is 8.89. The minimum Gasteiger partial charge on any atom is -0.344 e. The summed E-state index contributed by atoms with van der Waals surface area (Å²) in [4.78, 5) is 0. The summed E-state index contributed by atoms with van der Waals surface area (Å²) in [5, 5.41) is 0. The molecule has 110 valence electrons. The molecule has 0 radical (unpaired) electrons. The average Bonchev–Trinajstić information content (AvgIpc) is 2.51. The molecule has 19 heavy (non-hydrogen) atoms. The van der Waals surface area contributed by atoms with Crippen LogP contribution in [0.25, 0.3) is 0 Å². The van der Waals surface area contributed by atoms with Gasteiger partial charge in [-0.15, -0.1) is 12.3 Å². The maximum absolute atomic E-state index is 5.98. The Morgan fingerprint density at radius 2 is 1.32 bits per heavy atom. The Kier molecular flexibility index (Phi) is 6.36. The second kappa shape index (κ2) is 7.31. The highest BCUT2D eigenvalue weighted by molar-refractivity contribution is 4.94. The Bertz CT molecular complexity index is 283. The molecule has 1 rings (SSSR count). The van der Waals surface area contributed by atoms with E-state index in [4.69, 9.17) is 15.9 Å². The SMILES string of the molecule is C#CCCCCCCCCC1OC(C)(C)C(C)(C)O1. The van der Waals surface area contributed by atoms with Crippen LogP contribution in [-0.4, -0.2) is 17.5 Å². The second-order valence-corrected chi connectivity index (χ2v) is 6.55. The van der Waals surface area contributed by atoms with Gasteiger partial charge in [0.25, 0.3) is 0 Å². The quantitative estimate of drug-likeness (QED) is 0.469. The summed E-state index contributed by atoms with van der Waals surface area (Å²) in [6.45, 7) is 8.44. The van der Waals surface area contributed by atoms with E-state index >= 15 is 0 Å². The van der Waals surface area contributed by atoms with Crippen molar-refractivity contribution in [2.45, 2.75) is 96.6 Å². The molecule has 0 N–H and O–H groups in total. The number of hydrogen-bond donors (Lipinski definition) is 0. The molecular weight excluding hydrogens is 236 g/mol. The van der Waals surface area contributed by atoms with Crippen LogP contribution in [0.2, 0.25) is 0 Å². The van der Waals surface area contributed by atoms with E-state index < -0.39 is 0 Å². The Balaban J connectivity index is 2.04. The Morgan fingerprint density at radius 1 is 0.842 bits per heavy atom. The fourth-order valence-electron chi connectivity index (χ4n) is 2.33. The zero-order chi connectivity index (χ0) is 14.4. The van der Waals surface area contributed by atoms with E-state index in [1.165, 1.54) is 38.5 Å². The fraction of sp³-hybridized carbons (Fsp3) is 0.882. The van der Waals surface area contributed by atoms with E-state index in [-0.39, 0.29) is 17.5 Å². The van der Waals surface area contributed by atoms with Crippen molar-refractivity contribution in [3.05, 3.63) is 0 Å². The smallest absolute Gasteiger partial charge is 0.159 e. The van der Waals surface area contributed by atoms with Crippen LogP contribution in [0.5, 0.6) is 0 Å². The van der Waals surface area contributed by atoms with Gasteiger partial charge in [-0.1, -0.05) is 25.7 Å². The summed E-state index contributed by atoms with van der Waals surface area (Å²) < 4.78 is 12.0. The number of rotatable bonds is 8. The Morgan fingerprint density at radius 3 is 1.84 bits per heavy atom. The molecule has 0 unspecified atom stereocenters. The van der Waals surface area contributed by atoms with E-state index in [0.717, 1.165) is 12.8 Å². The molecule has 0 aromatic heterocycles. The topological polar surface area (TPSA) is 18.5 Å². The highest BCUT2D eigenvalue weighted by atomic mass is 16.7. The average molecular weight is 266 g/mol. The molecular formula is C17H30O2. The van der Waals surface area contributed by atoms with Crippen molar-refractivity contribution in [1.82, 2.24) is 0 Å². The molecule has 2 nitrogen and oxygen atoms in total. The van der Waals surface area contributed by atoms with Gasteiger partial charge in [-0.2, -0.15) is 0 Å². The Labute approximate surface area is 119 Å². The van der Waals surface area contributed by atoms with Crippen molar-refractivity contribution in [2.24, 2.45) is 0 Å². The van der Waals surface area contributed by atoms with Gasteiger partial charge in [0.1, 0.15) is 0 Å². The van der Waals surface area contributed by atoms with Crippen molar-refractivity contribution in [3.63, 3.8) is 0 Å². The van der Waals surface area contributed by atoms with Gasteiger partial charge in [0.05, 0.1) is 11.2 Å². The van der Waals surface area contributed by atoms with Crippen molar-refractivity contribution < 1.29 is 9.47 Å². The molecule has 2 heteroatoms. The third kappa shape index (κ3) is 5.16. The second-order valence-electron chi connectivity index (χ2n) is 6.55. The third-order valence-corrected chi connectivity index (χ3v) is 4.31. The predicted octanol–water partition coefficient (Wildman–Crippen LogP) is 4.67. The van der Waals surface area contributed by atoms with Gasteiger partial charge in [-0.25, -0.2) is 0 Å². The molecule has 0 spiro atoms. The standard InChI is InChI=1S/C17H30O2/c1-6-7-8-9-10-11-12-13-14-15-18-16(2,3)17(4,5)19-15/h1,15H,7-14H2,2-5H3. The number of hydrogen-bond acceptors (Lipinski definition) is 2. The van der Waals surface area contributed by atoms with Gasteiger partial charge in [-0.3, -0.25) is 0 Å². The molecule has 1 aliphatic heterocycles. The van der Waals surface area contributed by atoms with Crippen molar-refractivity contribution >= 4 is 0 Å².